The number of ether oxygens (including phenoxy) is 4. The molecule has 0 radical (unpaired) electrons. The van der Waals surface area contributed by atoms with Gasteiger partial charge in [0.1, 0.15) is 13.2 Å². The van der Waals surface area contributed by atoms with Gasteiger partial charge in [0, 0.05) is 12.8 Å². The number of likely N-dealkylation sites (N-methyl/N-ethyl adjacent to an activating group) is 1. The van der Waals surface area contributed by atoms with Crippen LogP contribution in [0.25, 0.3) is 0 Å². The number of carboxylic acid groups (broad SMARTS) is 1. The fraction of sp³-hybridized carbons (Fsp3) is 0.602. The Kier molecular flexibility index (Phi) is 71.3. The zero-order valence-electron chi connectivity index (χ0n) is 62.4. The number of nitrogens with zero attached hydrogens (tertiary/aromatic N) is 1. The van der Waals surface area contributed by atoms with Crippen LogP contribution in [-0.4, -0.2) is 82.3 Å². The lowest BCUT2D eigenvalue weighted by molar-refractivity contribution is -0.870. The average Bonchev–Trinajstić information content (AvgIpc) is 3.74. The van der Waals surface area contributed by atoms with Crippen molar-refractivity contribution >= 4 is 17.9 Å². The van der Waals surface area contributed by atoms with Gasteiger partial charge in [-0.2, -0.15) is 0 Å². The molecule has 0 amide bonds. The summed E-state index contributed by atoms with van der Waals surface area (Å²) in [6.45, 7) is 4.48. The molecule has 0 aliphatic rings. The highest BCUT2D eigenvalue weighted by Gasteiger charge is 2.22. The Morgan fingerprint density at radius 1 is 0.309 bits per heavy atom. The number of carbonyl (C=O) groups excluding carboxylic acids is 3. The van der Waals surface area contributed by atoms with Crippen LogP contribution < -0.4 is 5.11 Å². The lowest BCUT2D eigenvalue weighted by Crippen LogP contribution is -2.44. The molecule has 0 bridgehead atoms. The Hall–Kier alpha value is -5.87. The maximum Gasteiger partial charge on any atom is 0.306 e. The number of carbonyl (C=O) groups is 3. The van der Waals surface area contributed by atoms with Gasteiger partial charge in [-0.3, -0.25) is 9.59 Å². The summed E-state index contributed by atoms with van der Waals surface area (Å²) in [5.74, 6) is -2.33. The van der Waals surface area contributed by atoms with Gasteiger partial charge in [-0.1, -0.05) is 324 Å². The Labute approximate surface area is 595 Å². The molecule has 2 unspecified atom stereocenters. The fourth-order valence-electron chi connectivity index (χ4n) is 10.0. The second-order valence-corrected chi connectivity index (χ2v) is 26.2. The van der Waals surface area contributed by atoms with Crippen LogP contribution in [0.5, 0.6) is 0 Å². The molecule has 0 fully saturated rings. The minimum Gasteiger partial charge on any atom is -0.545 e. The topological polar surface area (TPSA) is 111 Å². The Morgan fingerprint density at radius 3 is 0.825 bits per heavy atom. The van der Waals surface area contributed by atoms with Crippen LogP contribution in [0.1, 0.15) is 284 Å². The number of esters is 2. The minimum absolute atomic E-state index is 0.133. The smallest absolute Gasteiger partial charge is 0.306 e. The molecular formula is C88H141NO8. The molecule has 0 aromatic rings. The van der Waals surface area contributed by atoms with Crippen LogP contribution in [0.3, 0.4) is 0 Å². The van der Waals surface area contributed by atoms with Crippen LogP contribution in [-0.2, 0) is 33.3 Å². The highest BCUT2D eigenvalue weighted by atomic mass is 16.7. The van der Waals surface area contributed by atoms with Crippen molar-refractivity contribution < 1.29 is 42.9 Å². The van der Waals surface area contributed by atoms with Crippen LogP contribution >= 0.6 is 0 Å². The minimum atomic E-state index is -1.64. The maximum atomic E-state index is 13.0. The van der Waals surface area contributed by atoms with Gasteiger partial charge in [-0.15, -0.1) is 0 Å². The van der Waals surface area contributed by atoms with E-state index in [1.54, 1.807) is 0 Å². The first-order valence-electron chi connectivity index (χ1n) is 38.6. The molecule has 0 aliphatic heterocycles. The summed E-state index contributed by atoms with van der Waals surface area (Å²) < 4.78 is 22.8. The molecule has 0 saturated carbocycles. The third-order valence-electron chi connectivity index (χ3n) is 15.8. The molecule has 0 rings (SSSR count). The second-order valence-electron chi connectivity index (χ2n) is 26.2. The van der Waals surface area contributed by atoms with E-state index < -0.39 is 24.3 Å². The predicted octanol–water partition coefficient (Wildman–Crippen LogP) is 23.6. The van der Waals surface area contributed by atoms with Gasteiger partial charge < -0.3 is 33.3 Å². The van der Waals surface area contributed by atoms with Gasteiger partial charge in [0.25, 0.3) is 0 Å². The standard InChI is InChI=1S/C88H141NO8/c1-6-8-10-12-14-16-18-20-22-24-26-28-30-32-34-36-38-40-42-43-45-46-48-50-52-54-56-58-60-62-64-66-68-70-72-74-76-78-85(90)95-82-84(83-96-88(87(92)93)94-81-80-89(3,4)5)97-86(91)79-77-75-73-71-69-67-65-63-61-59-57-55-53-51-49-47-44-41-39-37-35-33-31-29-27-25-23-21-19-17-15-13-11-9-7-2/h8-11,14-17,20-23,26-29,32-35,38-41,47,49,53,55,59,61,65,67,84,88H,6-7,12-13,18-19,24-25,30-31,36-37,42-46,48,50-52,54,56-58,60,62-64,66,68-83H2,1-5H3/b10-8-,11-9-,16-14-,17-15-,22-20-,23-21-,28-26-,29-27-,34-32-,35-33-,40-38-,41-39-,49-47-,55-53-,61-59-,67-65-. The first-order valence-corrected chi connectivity index (χ1v) is 38.6. The summed E-state index contributed by atoms with van der Waals surface area (Å²) in [4.78, 5) is 37.6. The monoisotopic (exact) mass is 1340 g/mol. The lowest BCUT2D eigenvalue weighted by Gasteiger charge is -2.26. The SMILES string of the molecule is CC/C=C\C/C=C\C/C=C\C/C=C\C/C=C\C/C=C\C/C=C\C/C=C\C/C=C\C/C=C\CCCCCCC(=O)OC(COC(=O)CCCCCCCCCCCCCCCCCCCC/C=C\C/C=C\C/C=C\C/C=C\C/C=C\C/C=C\CC)COC(OCC[N+](C)(C)C)C(=O)[O-]. The molecule has 0 N–H and O–H groups in total. The third-order valence-corrected chi connectivity index (χ3v) is 15.8. The summed E-state index contributed by atoms with van der Waals surface area (Å²) in [7, 11) is 5.91. The van der Waals surface area contributed by atoms with Gasteiger partial charge in [0.15, 0.2) is 12.4 Å². The number of unbranched alkanes of at least 4 members (excludes halogenated alkanes) is 22. The van der Waals surface area contributed by atoms with Gasteiger partial charge in [-0.05, 0) is 141 Å². The van der Waals surface area contributed by atoms with Gasteiger partial charge >= 0.3 is 11.9 Å². The molecule has 9 heteroatoms. The Morgan fingerprint density at radius 2 is 0.557 bits per heavy atom. The summed E-state index contributed by atoms with van der Waals surface area (Å²) in [5.41, 5.74) is 0. The second kappa shape index (κ2) is 75.9. The van der Waals surface area contributed by atoms with Crippen LogP contribution in [0.2, 0.25) is 0 Å². The molecular weight excluding hydrogens is 1200 g/mol. The molecule has 0 spiro atoms. The van der Waals surface area contributed by atoms with Gasteiger partial charge in [0.2, 0.25) is 0 Å². The first kappa shape index (κ1) is 91.1. The largest absolute Gasteiger partial charge is 0.545 e. The first-order chi connectivity index (χ1) is 47.6. The van der Waals surface area contributed by atoms with E-state index in [1.165, 1.54) is 103 Å². The zero-order chi connectivity index (χ0) is 70.4. The Balaban J connectivity index is 4.16. The maximum absolute atomic E-state index is 13.0. The van der Waals surface area contributed by atoms with E-state index in [9.17, 15) is 19.5 Å². The number of allylic oxidation sites excluding steroid dienone is 32. The Bertz CT molecular complexity index is 2310. The number of hydrogen-bond donors (Lipinski definition) is 0. The van der Waals surface area contributed by atoms with Crippen LogP contribution in [0.15, 0.2) is 194 Å². The highest BCUT2D eigenvalue weighted by molar-refractivity contribution is 5.70. The van der Waals surface area contributed by atoms with Crippen LogP contribution in [0, 0.1) is 0 Å². The van der Waals surface area contributed by atoms with Crippen LogP contribution in [0.4, 0.5) is 0 Å². The predicted molar refractivity (Wildman–Crippen MR) is 416 cm³/mol. The number of aliphatic carboxylic acids is 1. The normalized spacial score (nSPS) is 13.8. The van der Waals surface area contributed by atoms with Gasteiger partial charge in [0.05, 0.1) is 40.3 Å². The number of quaternary nitrogens is 1. The van der Waals surface area contributed by atoms with E-state index in [-0.39, 0.29) is 38.6 Å². The van der Waals surface area contributed by atoms with Crippen molar-refractivity contribution in [1.82, 2.24) is 0 Å². The van der Waals surface area contributed by atoms with E-state index in [1.807, 2.05) is 21.1 Å². The van der Waals surface area contributed by atoms with E-state index >= 15 is 0 Å². The summed E-state index contributed by atoms with van der Waals surface area (Å²) in [6.07, 6.45) is 114. The van der Waals surface area contributed by atoms with Crippen molar-refractivity contribution in [3.8, 4) is 0 Å². The van der Waals surface area contributed by atoms with E-state index in [0.717, 1.165) is 148 Å². The van der Waals surface area contributed by atoms with E-state index in [0.29, 0.717) is 17.4 Å². The number of hydrogen-bond acceptors (Lipinski definition) is 8. The lowest BCUT2D eigenvalue weighted by atomic mass is 10.0. The summed E-state index contributed by atoms with van der Waals surface area (Å²) >= 11 is 0. The third kappa shape index (κ3) is 77.4. The van der Waals surface area contributed by atoms with Crippen molar-refractivity contribution in [2.75, 3.05) is 47.5 Å². The summed E-state index contributed by atoms with van der Waals surface area (Å²) in [6, 6.07) is 0. The zero-order valence-corrected chi connectivity index (χ0v) is 62.4. The number of carboxylic acids is 1. The molecule has 2 atom stereocenters. The molecule has 0 aromatic carbocycles. The molecule has 0 heterocycles. The van der Waals surface area contributed by atoms with Crippen molar-refractivity contribution in [2.24, 2.45) is 0 Å². The molecule has 9 nitrogen and oxygen atoms in total. The van der Waals surface area contributed by atoms with Crippen molar-refractivity contribution in [3.63, 3.8) is 0 Å². The number of rotatable bonds is 69. The van der Waals surface area contributed by atoms with E-state index in [2.05, 4.69) is 208 Å². The van der Waals surface area contributed by atoms with Crippen molar-refractivity contribution in [3.05, 3.63) is 194 Å². The summed E-state index contributed by atoms with van der Waals surface area (Å²) in [5, 5.41) is 11.9. The quantitative estimate of drug-likeness (QED) is 0.0195. The van der Waals surface area contributed by atoms with E-state index in [4.69, 9.17) is 18.9 Å². The highest BCUT2D eigenvalue weighted by Crippen LogP contribution is 2.17. The average molecular weight is 1340 g/mol. The fourth-order valence-corrected chi connectivity index (χ4v) is 10.0. The van der Waals surface area contributed by atoms with Crippen molar-refractivity contribution in [1.29, 1.82) is 0 Å². The van der Waals surface area contributed by atoms with Crippen molar-refractivity contribution in [2.45, 2.75) is 296 Å². The molecule has 97 heavy (non-hydrogen) atoms. The molecule has 0 aromatic heterocycles. The molecule has 0 saturated heterocycles. The molecule has 546 valence electrons. The molecule has 0 aliphatic carbocycles. The van der Waals surface area contributed by atoms with Gasteiger partial charge in [-0.25, -0.2) is 0 Å².